The molecular formula is C28H35O2P. The summed E-state index contributed by atoms with van der Waals surface area (Å²) in [5, 5.41) is 0.619. The average molecular weight is 435 g/mol. The summed E-state index contributed by atoms with van der Waals surface area (Å²) >= 11 is 0. The van der Waals surface area contributed by atoms with Crippen LogP contribution in [0.1, 0.15) is 61.8 Å². The highest BCUT2D eigenvalue weighted by molar-refractivity contribution is 7.54. The third kappa shape index (κ3) is 5.63. The monoisotopic (exact) mass is 434 g/mol. The summed E-state index contributed by atoms with van der Waals surface area (Å²) in [6.45, 7) is 8.77. The van der Waals surface area contributed by atoms with Crippen molar-refractivity contribution in [2.24, 2.45) is 0 Å². The second kappa shape index (κ2) is 11.0. The van der Waals surface area contributed by atoms with E-state index >= 15 is 0 Å². The van der Waals surface area contributed by atoms with Crippen molar-refractivity contribution < 1.29 is 9.79 Å². The van der Waals surface area contributed by atoms with E-state index in [4.69, 9.17) is 0 Å². The maximum Gasteiger partial charge on any atom is 0.200 e. The second-order valence-electron chi connectivity index (χ2n) is 8.48. The predicted octanol–water partition coefficient (Wildman–Crippen LogP) is 7.24. The minimum Gasteiger partial charge on any atom is -0.347 e. The summed E-state index contributed by atoms with van der Waals surface area (Å²) in [6, 6.07) is 19.1. The van der Waals surface area contributed by atoms with Crippen LogP contribution in [0.3, 0.4) is 0 Å². The zero-order valence-corrected chi connectivity index (χ0v) is 20.2. The highest BCUT2D eigenvalue weighted by Crippen LogP contribution is 2.38. The molecule has 0 spiro atoms. The molecule has 0 amide bonds. The maximum absolute atomic E-state index is 10.2. The van der Waals surface area contributed by atoms with Crippen molar-refractivity contribution in [1.29, 1.82) is 0 Å². The molecular weight excluding hydrogens is 399 g/mol. The van der Waals surface area contributed by atoms with Crippen LogP contribution in [-0.4, -0.2) is 9.79 Å². The molecule has 0 atom stereocenters. The predicted molar refractivity (Wildman–Crippen MR) is 135 cm³/mol. The third-order valence-corrected chi connectivity index (χ3v) is 6.96. The molecule has 2 nitrogen and oxygen atoms in total. The van der Waals surface area contributed by atoms with Gasteiger partial charge in [-0.25, -0.2) is 0 Å². The van der Waals surface area contributed by atoms with E-state index in [1.54, 1.807) is 0 Å². The zero-order valence-electron chi connectivity index (χ0n) is 19.3. The minimum atomic E-state index is -2.20. The molecule has 0 heterocycles. The Labute approximate surface area is 188 Å². The summed E-state index contributed by atoms with van der Waals surface area (Å²) in [4.78, 5) is 20.5. The molecule has 0 bridgehead atoms. The molecule has 3 aromatic rings. The first-order chi connectivity index (χ1) is 15.0. The van der Waals surface area contributed by atoms with Crippen molar-refractivity contribution in [3.05, 3.63) is 76.9 Å². The van der Waals surface area contributed by atoms with Crippen LogP contribution < -0.4 is 5.30 Å². The van der Waals surface area contributed by atoms with Gasteiger partial charge in [-0.15, -0.1) is 0 Å². The van der Waals surface area contributed by atoms with Gasteiger partial charge in [0.1, 0.15) is 0 Å². The topological polar surface area (TPSA) is 40.5 Å². The van der Waals surface area contributed by atoms with E-state index in [9.17, 15) is 9.79 Å². The summed E-state index contributed by atoms with van der Waals surface area (Å²) < 4.78 is 0. The van der Waals surface area contributed by atoms with Crippen LogP contribution in [-0.2, 0) is 12.8 Å². The lowest BCUT2D eigenvalue weighted by Gasteiger charge is -2.19. The fourth-order valence-electron chi connectivity index (χ4n) is 4.19. The lowest BCUT2D eigenvalue weighted by Crippen LogP contribution is -2.07. The summed E-state index contributed by atoms with van der Waals surface area (Å²) in [7, 11) is -2.20. The molecule has 0 aliphatic heterocycles. The molecule has 31 heavy (non-hydrogen) atoms. The van der Waals surface area contributed by atoms with E-state index in [0.29, 0.717) is 5.30 Å². The second-order valence-corrected chi connectivity index (χ2v) is 9.54. The van der Waals surface area contributed by atoms with Crippen molar-refractivity contribution in [2.45, 2.75) is 66.2 Å². The van der Waals surface area contributed by atoms with Gasteiger partial charge in [0, 0.05) is 10.9 Å². The van der Waals surface area contributed by atoms with E-state index in [0.717, 1.165) is 47.9 Å². The van der Waals surface area contributed by atoms with Gasteiger partial charge in [-0.2, -0.15) is 0 Å². The Morgan fingerprint density at radius 2 is 1.26 bits per heavy atom. The number of benzene rings is 3. The van der Waals surface area contributed by atoms with Crippen LogP contribution in [0.2, 0.25) is 0 Å². The quantitative estimate of drug-likeness (QED) is 0.348. The molecule has 0 unspecified atom stereocenters. The van der Waals surface area contributed by atoms with Crippen LogP contribution in [0.15, 0.2) is 54.6 Å². The molecule has 2 N–H and O–H groups in total. The fourth-order valence-corrected chi connectivity index (χ4v) is 4.86. The van der Waals surface area contributed by atoms with Crippen molar-refractivity contribution in [2.75, 3.05) is 0 Å². The molecule has 3 aromatic carbocycles. The van der Waals surface area contributed by atoms with Gasteiger partial charge in [-0.05, 0) is 84.5 Å². The first-order valence-electron chi connectivity index (χ1n) is 11.5. The summed E-state index contributed by atoms with van der Waals surface area (Å²) in [5.41, 5.74) is 9.54. The standard InChI is InChI=1S/C28H35O2P/c1-5-7-10-22-18-24(16-14-20(22)3)26-12-9-13-27(31(29)30)28(26)25-17-15-21(4)23(19-25)11-8-6-2/h9,12-19,29-30H,5-8,10-11H2,1-4H3. The average Bonchev–Trinajstić information content (AvgIpc) is 2.77. The van der Waals surface area contributed by atoms with Crippen molar-refractivity contribution in [3.63, 3.8) is 0 Å². The minimum absolute atomic E-state index is 0.619. The van der Waals surface area contributed by atoms with Gasteiger partial charge in [0.15, 0.2) is 8.38 Å². The summed E-state index contributed by atoms with van der Waals surface area (Å²) in [6.07, 6.45) is 6.79. The molecule has 0 saturated heterocycles. The SMILES string of the molecule is CCCCc1cc(-c2cccc(P(O)O)c2-c2ccc(C)c(CCCC)c2)ccc1C. The van der Waals surface area contributed by atoms with E-state index in [1.165, 1.54) is 35.1 Å². The molecule has 164 valence electrons. The first kappa shape index (κ1) is 23.7. The van der Waals surface area contributed by atoms with Crippen LogP contribution in [0.4, 0.5) is 0 Å². The Balaban J connectivity index is 2.18. The highest BCUT2D eigenvalue weighted by atomic mass is 31.2. The van der Waals surface area contributed by atoms with E-state index < -0.39 is 8.38 Å². The maximum atomic E-state index is 10.2. The van der Waals surface area contributed by atoms with E-state index in [1.807, 2.05) is 12.1 Å². The van der Waals surface area contributed by atoms with Gasteiger partial charge in [0.2, 0.25) is 0 Å². The molecule has 3 heteroatoms. The molecule has 0 aliphatic carbocycles. The Bertz CT molecular complexity index is 1020. The number of aryl methyl sites for hydroxylation is 4. The highest BCUT2D eigenvalue weighted by Gasteiger charge is 2.18. The largest absolute Gasteiger partial charge is 0.347 e. The smallest absolute Gasteiger partial charge is 0.200 e. The Kier molecular flexibility index (Phi) is 8.43. The van der Waals surface area contributed by atoms with Crippen molar-refractivity contribution in [3.8, 4) is 22.3 Å². The van der Waals surface area contributed by atoms with Crippen LogP contribution >= 0.6 is 8.38 Å². The Morgan fingerprint density at radius 1 is 0.710 bits per heavy atom. The van der Waals surface area contributed by atoms with Gasteiger partial charge < -0.3 is 9.79 Å². The van der Waals surface area contributed by atoms with Crippen molar-refractivity contribution >= 4 is 13.7 Å². The summed E-state index contributed by atoms with van der Waals surface area (Å²) in [5.74, 6) is 0. The van der Waals surface area contributed by atoms with Crippen LogP contribution in [0.5, 0.6) is 0 Å². The van der Waals surface area contributed by atoms with E-state index in [-0.39, 0.29) is 0 Å². The molecule has 0 aliphatic rings. The lowest BCUT2D eigenvalue weighted by atomic mass is 9.90. The van der Waals surface area contributed by atoms with Gasteiger partial charge in [0.25, 0.3) is 0 Å². The van der Waals surface area contributed by atoms with Crippen molar-refractivity contribution in [1.82, 2.24) is 0 Å². The number of hydrogen-bond donors (Lipinski definition) is 2. The van der Waals surface area contributed by atoms with Gasteiger partial charge >= 0.3 is 0 Å². The van der Waals surface area contributed by atoms with Crippen LogP contribution in [0, 0.1) is 13.8 Å². The molecule has 0 radical (unpaired) electrons. The first-order valence-corrected chi connectivity index (χ1v) is 12.7. The fraction of sp³-hybridized carbons (Fsp3) is 0.357. The molecule has 0 saturated carbocycles. The number of hydrogen-bond acceptors (Lipinski definition) is 2. The molecule has 0 fully saturated rings. The number of unbranched alkanes of at least 4 members (excludes halogenated alkanes) is 2. The van der Waals surface area contributed by atoms with Gasteiger partial charge in [0.05, 0.1) is 0 Å². The lowest BCUT2D eigenvalue weighted by molar-refractivity contribution is 0.497. The van der Waals surface area contributed by atoms with Gasteiger partial charge in [-0.1, -0.05) is 75.2 Å². The Hall–Kier alpha value is -1.99. The number of rotatable bonds is 9. The normalized spacial score (nSPS) is 11.3. The molecule has 0 aromatic heterocycles. The third-order valence-electron chi connectivity index (χ3n) is 6.16. The zero-order chi connectivity index (χ0) is 22.4. The Morgan fingerprint density at radius 3 is 1.81 bits per heavy atom. The van der Waals surface area contributed by atoms with Gasteiger partial charge in [-0.3, -0.25) is 0 Å². The molecule has 3 rings (SSSR count). The van der Waals surface area contributed by atoms with Crippen LogP contribution in [0.25, 0.3) is 22.3 Å². The van der Waals surface area contributed by atoms with E-state index in [2.05, 4.69) is 70.2 Å².